The van der Waals surface area contributed by atoms with Gasteiger partial charge < -0.3 is 30.1 Å². The van der Waals surface area contributed by atoms with Crippen LogP contribution in [-0.4, -0.2) is 92.6 Å². The van der Waals surface area contributed by atoms with Crippen molar-refractivity contribution in [1.82, 2.24) is 10.2 Å². The number of carbonyl (C=O) groups excluding carboxylic acids is 1. The number of nitrogens with zero attached hydrogens (tertiary/aromatic N) is 1. The first kappa shape index (κ1) is 25.8. The highest BCUT2D eigenvalue weighted by molar-refractivity contribution is 7.99. The predicted octanol–water partition coefficient (Wildman–Crippen LogP) is 0.0652. The Morgan fingerprint density at radius 3 is 2.63 bits per heavy atom. The van der Waals surface area contributed by atoms with Crippen molar-refractivity contribution in [2.24, 2.45) is 5.92 Å². The molecule has 10 nitrogen and oxygen atoms in total. The molecule has 5 N–H and O–H groups in total. The second kappa shape index (κ2) is 10.9. The van der Waals surface area contributed by atoms with Gasteiger partial charge in [-0.2, -0.15) is 0 Å². The lowest BCUT2D eigenvalue weighted by atomic mass is 9.94. The highest BCUT2D eigenvalue weighted by Crippen LogP contribution is 2.43. The van der Waals surface area contributed by atoms with Crippen LogP contribution in [0.25, 0.3) is 0 Å². The zero-order valence-corrected chi connectivity index (χ0v) is 19.2. The van der Waals surface area contributed by atoms with Crippen molar-refractivity contribution >= 4 is 25.5 Å². The summed E-state index contributed by atoms with van der Waals surface area (Å²) in [6, 6.07) is -1.12. The molecular weight excluding hydrogens is 435 g/mol. The number of phosphoric acid groups is 1. The normalized spacial score (nSPS) is 36.4. The predicted molar refractivity (Wildman–Crippen MR) is 113 cm³/mol. The number of amides is 1. The quantitative estimate of drug-likeness (QED) is 0.232. The van der Waals surface area contributed by atoms with Crippen LogP contribution in [0.3, 0.4) is 0 Å². The second-order valence-electron chi connectivity index (χ2n) is 7.86. The zero-order chi connectivity index (χ0) is 22.6. The summed E-state index contributed by atoms with van der Waals surface area (Å²) >= 11 is 1.07. The molecule has 0 saturated carbocycles. The van der Waals surface area contributed by atoms with E-state index in [-0.39, 0.29) is 11.9 Å². The molecule has 0 bridgehead atoms. The van der Waals surface area contributed by atoms with Crippen LogP contribution >= 0.6 is 19.6 Å². The van der Waals surface area contributed by atoms with Crippen LogP contribution in [0, 0.1) is 5.92 Å². The Labute approximate surface area is 181 Å². The summed E-state index contributed by atoms with van der Waals surface area (Å²) in [5.41, 5.74) is -0.969. The van der Waals surface area contributed by atoms with Crippen LogP contribution < -0.4 is 5.32 Å². The van der Waals surface area contributed by atoms with E-state index < -0.39 is 43.7 Å². The van der Waals surface area contributed by atoms with Gasteiger partial charge in [-0.05, 0) is 32.1 Å². The number of hydrogen-bond donors (Lipinski definition) is 5. The highest BCUT2D eigenvalue weighted by atomic mass is 32.2. The van der Waals surface area contributed by atoms with E-state index in [4.69, 9.17) is 14.5 Å². The molecule has 12 heteroatoms. The minimum atomic E-state index is -4.91. The Balaban J connectivity index is 2.09. The van der Waals surface area contributed by atoms with Crippen molar-refractivity contribution in [3.63, 3.8) is 0 Å². The van der Waals surface area contributed by atoms with Gasteiger partial charge in [0.25, 0.3) is 0 Å². The van der Waals surface area contributed by atoms with Crippen LogP contribution in [0.4, 0.5) is 0 Å². The van der Waals surface area contributed by atoms with Crippen molar-refractivity contribution in [3.05, 3.63) is 12.7 Å². The van der Waals surface area contributed by atoms with Crippen molar-refractivity contribution < 1.29 is 38.6 Å². The number of aliphatic hydroxyl groups excluding tert-OH is 2. The third kappa shape index (κ3) is 6.27. The molecule has 0 aromatic heterocycles. The van der Waals surface area contributed by atoms with Crippen LogP contribution in [0.2, 0.25) is 0 Å². The van der Waals surface area contributed by atoms with Crippen molar-refractivity contribution in [2.75, 3.05) is 19.8 Å². The smallest absolute Gasteiger partial charge is 0.387 e. The molecule has 2 aliphatic rings. The van der Waals surface area contributed by atoms with Gasteiger partial charge in [-0.1, -0.05) is 19.4 Å². The van der Waals surface area contributed by atoms with Gasteiger partial charge in [0.1, 0.15) is 29.9 Å². The molecule has 2 saturated heterocycles. The minimum Gasteiger partial charge on any atom is -0.387 e. The molecule has 0 spiro atoms. The Kier molecular flexibility index (Phi) is 9.35. The number of ether oxygens (including phenoxy) is 1. The van der Waals surface area contributed by atoms with Gasteiger partial charge in [-0.15, -0.1) is 18.3 Å². The molecule has 2 fully saturated rings. The van der Waals surface area contributed by atoms with E-state index in [0.717, 1.165) is 37.6 Å². The first-order chi connectivity index (χ1) is 14.0. The Morgan fingerprint density at radius 1 is 1.43 bits per heavy atom. The molecule has 2 rings (SSSR count). The average molecular weight is 469 g/mol. The number of hydrogen-bond acceptors (Lipinski definition) is 8. The number of likely N-dealkylation sites (tertiary alicyclic amines) is 1. The number of rotatable bonds is 9. The third-order valence-corrected chi connectivity index (χ3v) is 6.99. The van der Waals surface area contributed by atoms with Crippen molar-refractivity contribution in [1.29, 1.82) is 0 Å². The molecule has 0 aromatic carbocycles. The Bertz CT molecular complexity index is 648. The van der Waals surface area contributed by atoms with Crippen LogP contribution in [0.1, 0.15) is 26.2 Å². The molecule has 174 valence electrons. The van der Waals surface area contributed by atoms with E-state index in [1.165, 1.54) is 6.08 Å². The summed E-state index contributed by atoms with van der Waals surface area (Å²) in [7, 11) is -3.02. The molecule has 0 radical (unpaired) electrons. The van der Waals surface area contributed by atoms with E-state index in [1.807, 2.05) is 11.9 Å². The molecule has 8 atom stereocenters. The summed E-state index contributed by atoms with van der Waals surface area (Å²) in [6.07, 6.45) is 0.185. The van der Waals surface area contributed by atoms with Gasteiger partial charge in [0.15, 0.2) is 0 Å². The first-order valence-electron chi connectivity index (χ1n) is 9.93. The Morgan fingerprint density at radius 2 is 2.10 bits per heavy atom. The monoisotopic (exact) mass is 468 g/mol. The minimum absolute atomic E-state index is 0.222. The van der Waals surface area contributed by atoms with E-state index in [1.54, 1.807) is 6.26 Å². The summed E-state index contributed by atoms with van der Waals surface area (Å²) < 4.78 is 21.6. The fourth-order valence-corrected chi connectivity index (χ4v) is 5.54. The van der Waals surface area contributed by atoms with Gasteiger partial charge >= 0.3 is 7.82 Å². The average Bonchev–Trinajstić information content (AvgIpc) is 3.04. The van der Waals surface area contributed by atoms with Crippen LogP contribution in [0.15, 0.2) is 12.7 Å². The van der Waals surface area contributed by atoms with Gasteiger partial charge in [-0.25, -0.2) is 4.57 Å². The zero-order valence-electron chi connectivity index (χ0n) is 17.5. The first-order valence-corrected chi connectivity index (χ1v) is 12.8. The molecule has 1 amide bonds. The molecule has 0 aromatic rings. The van der Waals surface area contributed by atoms with Gasteiger partial charge in [0.2, 0.25) is 5.91 Å². The lowest BCUT2D eigenvalue weighted by molar-refractivity contribution is -0.198. The number of thioether (sulfide) groups is 1. The molecule has 0 aliphatic carbocycles. The van der Waals surface area contributed by atoms with Crippen molar-refractivity contribution in [2.45, 2.75) is 68.1 Å². The van der Waals surface area contributed by atoms with Gasteiger partial charge in [0.05, 0.1) is 12.1 Å². The van der Waals surface area contributed by atoms with E-state index in [0.29, 0.717) is 5.92 Å². The summed E-state index contributed by atoms with van der Waals surface area (Å²) in [4.78, 5) is 33.0. The summed E-state index contributed by atoms with van der Waals surface area (Å²) in [5.74, 6) is 0.225. The van der Waals surface area contributed by atoms with E-state index in [9.17, 15) is 19.6 Å². The lowest BCUT2D eigenvalue weighted by Gasteiger charge is -2.44. The number of nitrogens with one attached hydrogen (secondary N) is 1. The lowest BCUT2D eigenvalue weighted by Crippen LogP contribution is -2.63. The van der Waals surface area contributed by atoms with E-state index in [2.05, 4.69) is 23.3 Å². The molecular formula is C18H33N2O8PS. The fourth-order valence-electron chi connectivity index (χ4n) is 4.18. The third-order valence-electron chi connectivity index (χ3n) is 5.63. The van der Waals surface area contributed by atoms with E-state index >= 15 is 0 Å². The molecule has 2 aliphatic heterocycles. The highest BCUT2D eigenvalue weighted by Gasteiger charge is 2.49. The maximum Gasteiger partial charge on any atom is 0.470 e. The number of aliphatic hydroxyl groups is 2. The summed E-state index contributed by atoms with van der Waals surface area (Å²) in [5, 5.41) is 23.8. The Hall–Kier alpha value is -0.490. The SMILES string of the molecule is C=CC(NC(=O)C1CC(CCC)CN1C)[C@H]1O[C@H](SC)[C@H](OP(=O)(O)O)[C@@H](O)[C@H]1O. The molecule has 30 heavy (non-hydrogen) atoms. The van der Waals surface area contributed by atoms with Crippen molar-refractivity contribution in [3.8, 4) is 0 Å². The maximum atomic E-state index is 12.9. The number of likely N-dealkylation sites (N-methyl/N-ethyl adjacent to an activating group) is 1. The topological polar surface area (TPSA) is 149 Å². The fraction of sp³-hybridized carbons (Fsp3) is 0.833. The summed E-state index contributed by atoms with van der Waals surface area (Å²) in [6.45, 7) is 6.65. The van der Waals surface area contributed by atoms with Crippen LogP contribution in [0.5, 0.6) is 0 Å². The number of phosphoric ester groups is 1. The maximum absolute atomic E-state index is 12.9. The molecule has 2 heterocycles. The molecule has 3 unspecified atom stereocenters. The van der Waals surface area contributed by atoms with Gasteiger partial charge in [-0.3, -0.25) is 14.2 Å². The largest absolute Gasteiger partial charge is 0.470 e. The van der Waals surface area contributed by atoms with Crippen LogP contribution in [-0.2, 0) is 18.6 Å². The number of carbonyl (C=O) groups is 1. The van der Waals surface area contributed by atoms with Gasteiger partial charge in [0, 0.05) is 6.54 Å². The standard InChI is InChI=1S/C18H33N2O8PS/c1-5-7-10-8-12(20(3)9-10)17(23)19-11(6-2)15-13(21)14(22)16(18(27-15)30-4)28-29(24,25)26/h6,10-16,18,21-22H,2,5,7-9H2,1,3-4H3,(H,19,23)(H2,24,25,26)/t10?,11?,12?,13-,14+,15-,16-,18-/m1/s1. The second-order valence-corrected chi connectivity index (χ2v) is 9.99.